The first-order valence-electron chi connectivity index (χ1n) is 3.61. The van der Waals surface area contributed by atoms with Crippen LogP contribution in [-0.4, -0.2) is 10.6 Å². The van der Waals surface area contributed by atoms with Crippen molar-refractivity contribution in [2.45, 2.75) is 4.83 Å². The van der Waals surface area contributed by atoms with Gasteiger partial charge < -0.3 is 0 Å². The van der Waals surface area contributed by atoms with Gasteiger partial charge in [-0.15, -0.1) is 6.58 Å². The molecule has 62 valence electrons. The quantitative estimate of drug-likeness (QED) is 0.439. The normalized spacial score (nSPS) is 12.1. The standard InChI is InChI=1S/C10H9BrO/c1-2-9(11)10(12)8-6-4-3-5-7-8/h2-7,9H,1H2. The summed E-state index contributed by atoms with van der Waals surface area (Å²) >= 11 is 3.21. The number of carbonyl (C=O) groups excluding carboxylic acids is 1. The van der Waals surface area contributed by atoms with E-state index in [9.17, 15) is 4.79 Å². The van der Waals surface area contributed by atoms with E-state index >= 15 is 0 Å². The van der Waals surface area contributed by atoms with Gasteiger partial charge in [-0.2, -0.15) is 0 Å². The Morgan fingerprint density at radius 3 is 2.50 bits per heavy atom. The van der Waals surface area contributed by atoms with Crippen molar-refractivity contribution in [1.82, 2.24) is 0 Å². The van der Waals surface area contributed by atoms with E-state index in [1.54, 1.807) is 18.2 Å². The summed E-state index contributed by atoms with van der Waals surface area (Å²) in [6, 6.07) is 9.15. The summed E-state index contributed by atoms with van der Waals surface area (Å²) in [5.74, 6) is 0.0469. The third-order valence-corrected chi connectivity index (χ3v) is 2.31. The van der Waals surface area contributed by atoms with E-state index in [0.717, 1.165) is 0 Å². The molecule has 0 aromatic heterocycles. The van der Waals surface area contributed by atoms with Crippen LogP contribution in [0, 0.1) is 0 Å². The molecule has 1 aromatic rings. The molecule has 0 fully saturated rings. The van der Waals surface area contributed by atoms with Gasteiger partial charge in [0.15, 0.2) is 5.78 Å². The number of rotatable bonds is 3. The average Bonchev–Trinajstić information content (AvgIpc) is 2.17. The topological polar surface area (TPSA) is 17.1 Å². The zero-order chi connectivity index (χ0) is 8.97. The van der Waals surface area contributed by atoms with Crippen molar-refractivity contribution in [2.24, 2.45) is 0 Å². The molecule has 1 atom stereocenters. The number of hydrogen-bond acceptors (Lipinski definition) is 1. The van der Waals surface area contributed by atoms with Crippen molar-refractivity contribution in [2.75, 3.05) is 0 Å². The predicted octanol–water partition coefficient (Wildman–Crippen LogP) is 2.82. The Morgan fingerprint density at radius 1 is 1.42 bits per heavy atom. The molecule has 0 heterocycles. The minimum Gasteiger partial charge on any atom is -0.293 e. The highest BCUT2D eigenvalue weighted by atomic mass is 79.9. The average molecular weight is 225 g/mol. The second kappa shape index (κ2) is 4.21. The maximum Gasteiger partial charge on any atom is 0.180 e. The van der Waals surface area contributed by atoms with Crippen LogP contribution in [0.15, 0.2) is 43.0 Å². The van der Waals surface area contributed by atoms with Gasteiger partial charge in [-0.3, -0.25) is 4.79 Å². The highest BCUT2D eigenvalue weighted by Gasteiger charge is 2.11. The van der Waals surface area contributed by atoms with Gasteiger partial charge in [0.05, 0.1) is 4.83 Å². The lowest BCUT2D eigenvalue weighted by atomic mass is 10.1. The van der Waals surface area contributed by atoms with Crippen molar-refractivity contribution in [1.29, 1.82) is 0 Å². The Balaban J connectivity index is 2.85. The van der Waals surface area contributed by atoms with E-state index in [1.165, 1.54) is 0 Å². The third kappa shape index (κ3) is 2.05. The summed E-state index contributed by atoms with van der Waals surface area (Å²) in [4.78, 5) is 11.2. The minimum atomic E-state index is -0.278. The molecule has 12 heavy (non-hydrogen) atoms. The van der Waals surface area contributed by atoms with Crippen LogP contribution < -0.4 is 0 Å². The molecule has 0 saturated heterocycles. The smallest absolute Gasteiger partial charge is 0.180 e. The van der Waals surface area contributed by atoms with Crippen LogP contribution in [0.25, 0.3) is 0 Å². The number of Topliss-reactive ketones (excluding diaryl/α,β-unsaturated/α-hetero) is 1. The Morgan fingerprint density at radius 2 is 2.00 bits per heavy atom. The maximum atomic E-state index is 11.5. The molecule has 0 aliphatic rings. The van der Waals surface area contributed by atoms with Crippen LogP contribution in [-0.2, 0) is 0 Å². The van der Waals surface area contributed by atoms with E-state index < -0.39 is 0 Å². The lowest BCUT2D eigenvalue weighted by Gasteiger charge is -2.01. The fourth-order valence-corrected chi connectivity index (χ4v) is 1.13. The summed E-state index contributed by atoms with van der Waals surface area (Å²) < 4.78 is 0. The van der Waals surface area contributed by atoms with Crippen LogP contribution in [0.4, 0.5) is 0 Å². The van der Waals surface area contributed by atoms with Crippen molar-refractivity contribution >= 4 is 21.7 Å². The van der Waals surface area contributed by atoms with Crippen LogP contribution in [0.3, 0.4) is 0 Å². The Labute approximate surface area is 80.2 Å². The molecule has 2 heteroatoms. The fraction of sp³-hybridized carbons (Fsp3) is 0.100. The van der Waals surface area contributed by atoms with Crippen molar-refractivity contribution < 1.29 is 4.79 Å². The molecule has 1 unspecified atom stereocenters. The minimum absolute atomic E-state index is 0.0469. The van der Waals surface area contributed by atoms with E-state index in [2.05, 4.69) is 22.5 Å². The van der Waals surface area contributed by atoms with Crippen LogP contribution >= 0.6 is 15.9 Å². The number of ketones is 1. The van der Waals surface area contributed by atoms with Gasteiger partial charge >= 0.3 is 0 Å². The fourth-order valence-electron chi connectivity index (χ4n) is 0.869. The number of halogens is 1. The first-order chi connectivity index (χ1) is 5.75. The lowest BCUT2D eigenvalue weighted by Crippen LogP contribution is -2.10. The van der Waals surface area contributed by atoms with E-state index in [4.69, 9.17) is 0 Å². The molecule has 0 spiro atoms. The van der Waals surface area contributed by atoms with E-state index in [-0.39, 0.29) is 10.6 Å². The lowest BCUT2D eigenvalue weighted by molar-refractivity contribution is 0.100. The molecule has 0 bridgehead atoms. The molecular formula is C10H9BrO. The molecule has 0 amide bonds. The Kier molecular flexibility index (Phi) is 3.23. The van der Waals surface area contributed by atoms with Gasteiger partial charge in [0.25, 0.3) is 0 Å². The SMILES string of the molecule is C=CC(Br)C(=O)c1ccccc1. The molecule has 0 aliphatic heterocycles. The van der Waals surface area contributed by atoms with E-state index in [0.29, 0.717) is 5.56 Å². The number of benzene rings is 1. The second-order valence-electron chi connectivity index (χ2n) is 2.37. The largest absolute Gasteiger partial charge is 0.293 e. The number of carbonyl (C=O) groups is 1. The van der Waals surface area contributed by atoms with Gasteiger partial charge in [-0.1, -0.05) is 52.3 Å². The summed E-state index contributed by atoms with van der Waals surface area (Å²) in [7, 11) is 0. The molecule has 0 N–H and O–H groups in total. The Hall–Kier alpha value is -0.890. The van der Waals surface area contributed by atoms with Gasteiger partial charge in [-0.05, 0) is 0 Å². The summed E-state index contributed by atoms with van der Waals surface area (Å²) in [5.41, 5.74) is 0.708. The molecule has 1 rings (SSSR count). The van der Waals surface area contributed by atoms with Crippen molar-refractivity contribution in [3.63, 3.8) is 0 Å². The van der Waals surface area contributed by atoms with Gasteiger partial charge in [-0.25, -0.2) is 0 Å². The predicted molar refractivity (Wildman–Crippen MR) is 53.7 cm³/mol. The third-order valence-electron chi connectivity index (χ3n) is 1.52. The van der Waals surface area contributed by atoms with Crippen LogP contribution in [0.1, 0.15) is 10.4 Å². The van der Waals surface area contributed by atoms with Gasteiger partial charge in [0.1, 0.15) is 0 Å². The first-order valence-corrected chi connectivity index (χ1v) is 4.53. The highest BCUT2D eigenvalue weighted by molar-refractivity contribution is 9.10. The maximum absolute atomic E-state index is 11.5. The zero-order valence-corrected chi connectivity index (χ0v) is 8.12. The zero-order valence-electron chi connectivity index (χ0n) is 6.53. The van der Waals surface area contributed by atoms with Crippen molar-refractivity contribution in [3.8, 4) is 0 Å². The van der Waals surface area contributed by atoms with Crippen LogP contribution in [0.5, 0.6) is 0 Å². The van der Waals surface area contributed by atoms with Gasteiger partial charge in [0.2, 0.25) is 0 Å². The molecule has 1 aromatic carbocycles. The summed E-state index contributed by atoms with van der Waals surface area (Å²) in [5, 5.41) is 0. The first kappa shape index (κ1) is 9.20. The number of hydrogen-bond donors (Lipinski definition) is 0. The van der Waals surface area contributed by atoms with Crippen LogP contribution in [0.2, 0.25) is 0 Å². The summed E-state index contributed by atoms with van der Waals surface area (Å²) in [6.45, 7) is 3.54. The molecular weight excluding hydrogens is 216 g/mol. The number of allylic oxidation sites excluding steroid dienone is 1. The van der Waals surface area contributed by atoms with Crippen molar-refractivity contribution in [3.05, 3.63) is 48.6 Å². The van der Waals surface area contributed by atoms with Gasteiger partial charge in [0, 0.05) is 5.56 Å². The number of alkyl halides is 1. The molecule has 0 saturated carbocycles. The van der Waals surface area contributed by atoms with E-state index in [1.807, 2.05) is 18.2 Å². The summed E-state index contributed by atoms with van der Waals surface area (Å²) in [6.07, 6.45) is 1.58. The molecule has 0 aliphatic carbocycles. The molecule has 0 radical (unpaired) electrons. The molecule has 1 nitrogen and oxygen atoms in total. The monoisotopic (exact) mass is 224 g/mol. The Bertz CT molecular complexity index is 279. The second-order valence-corrected chi connectivity index (χ2v) is 3.35. The highest BCUT2D eigenvalue weighted by Crippen LogP contribution is 2.10.